The zero-order valence-electron chi connectivity index (χ0n) is 22.2. The molecule has 0 spiro atoms. The van der Waals surface area contributed by atoms with Crippen molar-refractivity contribution in [2.45, 2.75) is 45.4 Å². The predicted octanol–water partition coefficient (Wildman–Crippen LogP) is 3.87. The van der Waals surface area contributed by atoms with Crippen molar-refractivity contribution in [3.63, 3.8) is 0 Å². The van der Waals surface area contributed by atoms with Crippen LogP contribution in [-0.4, -0.2) is 71.8 Å². The van der Waals surface area contributed by atoms with Crippen molar-refractivity contribution in [2.75, 3.05) is 46.6 Å². The van der Waals surface area contributed by atoms with Gasteiger partial charge in [-0.2, -0.15) is 0 Å². The zero-order chi connectivity index (χ0) is 26.1. The molecule has 1 atom stereocenters. The summed E-state index contributed by atoms with van der Waals surface area (Å²) in [4.78, 5) is 6.56. The van der Waals surface area contributed by atoms with E-state index in [4.69, 9.17) is 18.9 Å². The molecule has 8 nitrogen and oxygen atoms in total. The maximum absolute atomic E-state index is 11.3. The molecule has 1 fully saturated rings. The van der Waals surface area contributed by atoms with Gasteiger partial charge in [0.25, 0.3) is 0 Å². The first-order chi connectivity index (χ1) is 18.0. The third-order valence-electron chi connectivity index (χ3n) is 6.49. The number of rotatable bonds is 12. The van der Waals surface area contributed by atoms with Gasteiger partial charge in [-0.1, -0.05) is 25.1 Å². The van der Waals surface area contributed by atoms with E-state index in [1.807, 2.05) is 55.7 Å². The molecule has 0 radical (unpaired) electrons. The van der Waals surface area contributed by atoms with E-state index in [2.05, 4.69) is 27.4 Å². The van der Waals surface area contributed by atoms with Gasteiger partial charge in [0.1, 0.15) is 23.8 Å². The van der Waals surface area contributed by atoms with E-state index in [0.717, 1.165) is 54.4 Å². The number of nitrogens with zero attached hydrogens (tertiary/aromatic N) is 3. The van der Waals surface area contributed by atoms with Gasteiger partial charge in [0.05, 0.1) is 26.9 Å². The number of β-amino-alcohol motifs (C(OH)–C–C–N with tert-alkyl or cyclic N) is 1. The van der Waals surface area contributed by atoms with Crippen molar-refractivity contribution in [1.82, 2.24) is 14.5 Å². The maximum Gasteiger partial charge on any atom is 0.161 e. The van der Waals surface area contributed by atoms with Crippen LogP contribution in [0, 0.1) is 6.92 Å². The molecule has 4 rings (SSSR count). The Morgan fingerprint density at radius 1 is 1.14 bits per heavy atom. The summed E-state index contributed by atoms with van der Waals surface area (Å²) in [6, 6.07) is 13.9. The highest BCUT2D eigenvalue weighted by atomic mass is 16.5. The standard InChI is InChI=1S/C29H39N3O5/c1-4-28-30-11-13-32(28)12-6-15-36-26-10-9-24(18-27(26)34-3)19-31-14-16-35-21-29(33,20-31)22-37-25-8-5-7-23(2)17-25/h5,7-11,13,17-18,33H,4,6,12,14-16,19-22H2,1-3H3/t29-/m0/s1. The van der Waals surface area contributed by atoms with Crippen molar-refractivity contribution in [1.29, 1.82) is 0 Å². The number of hydrogen-bond donors (Lipinski definition) is 1. The molecule has 2 aromatic carbocycles. The highest BCUT2D eigenvalue weighted by Gasteiger charge is 2.33. The van der Waals surface area contributed by atoms with Gasteiger partial charge in [0.2, 0.25) is 0 Å². The average Bonchev–Trinajstić information content (AvgIpc) is 3.27. The van der Waals surface area contributed by atoms with Gasteiger partial charge in [-0.3, -0.25) is 4.90 Å². The van der Waals surface area contributed by atoms with E-state index < -0.39 is 5.60 Å². The Hall–Kier alpha value is -3.07. The summed E-state index contributed by atoms with van der Waals surface area (Å²) in [7, 11) is 1.66. The molecule has 1 aromatic heterocycles. The molecule has 1 aliphatic rings. The van der Waals surface area contributed by atoms with Gasteiger partial charge in [-0.05, 0) is 48.7 Å². The molecule has 1 saturated heterocycles. The third-order valence-corrected chi connectivity index (χ3v) is 6.49. The quantitative estimate of drug-likeness (QED) is 0.371. The lowest BCUT2D eigenvalue weighted by atomic mass is 10.1. The summed E-state index contributed by atoms with van der Waals surface area (Å²) < 4.78 is 25.5. The first-order valence-electron chi connectivity index (χ1n) is 13.0. The van der Waals surface area contributed by atoms with Crippen molar-refractivity contribution in [3.05, 3.63) is 71.8 Å². The van der Waals surface area contributed by atoms with Crippen LogP contribution in [0.2, 0.25) is 0 Å². The molecule has 0 saturated carbocycles. The summed E-state index contributed by atoms with van der Waals surface area (Å²) in [6.45, 7) is 8.40. The van der Waals surface area contributed by atoms with Crippen LogP contribution in [-0.2, 0) is 24.2 Å². The summed E-state index contributed by atoms with van der Waals surface area (Å²) >= 11 is 0. The summed E-state index contributed by atoms with van der Waals surface area (Å²) in [5.74, 6) is 3.28. The summed E-state index contributed by atoms with van der Waals surface area (Å²) in [5, 5.41) is 11.3. The topological polar surface area (TPSA) is 78.2 Å². The first kappa shape index (κ1) is 27.0. The first-order valence-corrected chi connectivity index (χ1v) is 13.0. The Balaban J connectivity index is 1.31. The number of hydrogen-bond acceptors (Lipinski definition) is 7. The second kappa shape index (κ2) is 12.9. The smallest absolute Gasteiger partial charge is 0.161 e. The fourth-order valence-corrected chi connectivity index (χ4v) is 4.60. The second-order valence-electron chi connectivity index (χ2n) is 9.67. The SMILES string of the molecule is CCc1nccn1CCCOc1ccc(CN2CCOC[C@](O)(COc3cccc(C)c3)C2)cc1OC. The molecular weight excluding hydrogens is 470 g/mol. The predicted molar refractivity (Wildman–Crippen MR) is 142 cm³/mol. The lowest BCUT2D eigenvalue weighted by Crippen LogP contribution is -2.48. The fraction of sp³-hybridized carbons (Fsp3) is 0.483. The molecule has 37 heavy (non-hydrogen) atoms. The molecule has 0 amide bonds. The minimum absolute atomic E-state index is 0.169. The molecule has 0 unspecified atom stereocenters. The van der Waals surface area contributed by atoms with Crippen LogP contribution in [0.5, 0.6) is 17.2 Å². The second-order valence-corrected chi connectivity index (χ2v) is 9.67. The maximum atomic E-state index is 11.3. The van der Waals surface area contributed by atoms with E-state index in [1.54, 1.807) is 7.11 Å². The third kappa shape index (κ3) is 7.71. The Morgan fingerprint density at radius 3 is 2.84 bits per heavy atom. The Bertz CT molecular complexity index is 1130. The van der Waals surface area contributed by atoms with Gasteiger partial charge < -0.3 is 28.6 Å². The van der Waals surface area contributed by atoms with Crippen molar-refractivity contribution < 1.29 is 24.1 Å². The number of aryl methyl sites for hydroxylation is 3. The average molecular weight is 510 g/mol. The minimum atomic E-state index is -1.10. The number of benzene rings is 2. The van der Waals surface area contributed by atoms with Gasteiger partial charge in [0, 0.05) is 45.0 Å². The highest BCUT2D eigenvalue weighted by molar-refractivity contribution is 5.43. The van der Waals surface area contributed by atoms with E-state index in [0.29, 0.717) is 32.1 Å². The zero-order valence-corrected chi connectivity index (χ0v) is 22.2. The van der Waals surface area contributed by atoms with Crippen LogP contribution >= 0.6 is 0 Å². The number of aromatic nitrogens is 2. The van der Waals surface area contributed by atoms with Crippen LogP contribution in [0.4, 0.5) is 0 Å². The molecule has 0 bridgehead atoms. The lowest BCUT2D eigenvalue weighted by Gasteiger charge is -2.30. The minimum Gasteiger partial charge on any atom is -0.493 e. The lowest BCUT2D eigenvalue weighted by molar-refractivity contribution is -0.0646. The van der Waals surface area contributed by atoms with Crippen LogP contribution in [0.3, 0.4) is 0 Å². The number of ether oxygens (including phenoxy) is 4. The highest BCUT2D eigenvalue weighted by Crippen LogP contribution is 2.29. The molecule has 3 aromatic rings. The molecule has 200 valence electrons. The van der Waals surface area contributed by atoms with E-state index in [9.17, 15) is 5.11 Å². The number of imidazole rings is 1. The van der Waals surface area contributed by atoms with Crippen molar-refractivity contribution >= 4 is 0 Å². The Labute approximate surface area is 219 Å². The Morgan fingerprint density at radius 2 is 2.03 bits per heavy atom. The summed E-state index contributed by atoms with van der Waals surface area (Å²) in [6.07, 6.45) is 5.66. The number of methoxy groups -OCH3 is 1. The molecule has 1 N–H and O–H groups in total. The van der Waals surface area contributed by atoms with Crippen LogP contribution < -0.4 is 14.2 Å². The van der Waals surface area contributed by atoms with Gasteiger partial charge in [-0.15, -0.1) is 0 Å². The van der Waals surface area contributed by atoms with Gasteiger partial charge >= 0.3 is 0 Å². The molecular formula is C29H39N3O5. The van der Waals surface area contributed by atoms with Crippen LogP contribution in [0.25, 0.3) is 0 Å². The van der Waals surface area contributed by atoms with E-state index >= 15 is 0 Å². The molecule has 0 aliphatic carbocycles. The van der Waals surface area contributed by atoms with Crippen molar-refractivity contribution in [2.24, 2.45) is 0 Å². The van der Waals surface area contributed by atoms with E-state index in [-0.39, 0.29) is 13.2 Å². The van der Waals surface area contributed by atoms with E-state index in [1.165, 1.54) is 0 Å². The normalized spacial score (nSPS) is 18.4. The fourth-order valence-electron chi connectivity index (χ4n) is 4.60. The molecule has 1 aliphatic heterocycles. The van der Waals surface area contributed by atoms with Gasteiger partial charge in [0.15, 0.2) is 11.5 Å². The number of aliphatic hydroxyl groups is 1. The van der Waals surface area contributed by atoms with Crippen molar-refractivity contribution in [3.8, 4) is 17.2 Å². The Kier molecular flexibility index (Phi) is 9.44. The monoisotopic (exact) mass is 509 g/mol. The molecule has 8 heteroatoms. The van der Waals surface area contributed by atoms with Crippen LogP contribution in [0.15, 0.2) is 54.9 Å². The van der Waals surface area contributed by atoms with Gasteiger partial charge in [-0.25, -0.2) is 4.98 Å². The van der Waals surface area contributed by atoms with Crippen LogP contribution in [0.1, 0.15) is 30.3 Å². The largest absolute Gasteiger partial charge is 0.493 e. The summed E-state index contributed by atoms with van der Waals surface area (Å²) in [5.41, 5.74) is 1.10. The molecule has 2 heterocycles.